The van der Waals surface area contributed by atoms with Gasteiger partial charge in [-0.25, -0.2) is 4.79 Å². The number of aliphatic hydroxyl groups excluding tert-OH is 1. The van der Waals surface area contributed by atoms with Crippen LogP contribution in [0.4, 0.5) is 5.69 Å². The van der Waals surface area contributed by atoms with Crippen molar-refractivity contribution in [3.05, 3.63) is 52.8 Å². The van der Waals surface area contributed by atoms with Gasteiger partial charge in [-0.2, -0.15) is 5.26 Å². The SMILES string of the molecule is C#C.C/C=C(O)\C(=C/Cc1ccc(NCC)c(C#N)c1)C(=O)O. The van der Waals surface area contributed by atoms with E-state index in [-0.39, 0.29) is 11.3 Å². The van der Waals surface area contributed by atoms with Crippen molar-refractivity contribution >= 4 is 11.7 Å². The van der Waals surface area contributed by atoms with Crippen LogP contribution >= 0.6 is 0 Å². The van der Waals surface area contributed by atoms with Gasteiger partial charge in [-0.15, -0.1) is 12.8 Å². The van der Waals surface area contributed by atoms with Crippen molar-refractivity contribution in [3.63, 3.8) is 0 Å². The molecule has 1 aromatic carbocycles. The van der Waals surface area contributed by atoms with Crippen molar-refractivity contribution in [2.45, 2.75) is 20.3 Å². The molecule has 0 heterocycles. The van der Waals surface area contributed by atoms with Crippen molar-refractivity contribution in [2.24, 2.45) is 0 Å². The van der Waals surface area contributed by atoms with E-state index in [4.69, 9.17) is 10.4 Å². The van der Waals surface area contributed by atoms with Crippen LogP contribution in [0.15, 0.2) is 41.7 Å². The number of carbonyl (C=O) groups is 1. The lowest BCUT2D eigenvalue weighted by Gasteiger charge is -2.07. The number of nitriles is 1. The average Bonchev–Trinajstić information content (AvgIpc) is 2.57. The summed E-state index contributed by atoms with van der Waals surface area (Å²) in [6.07, 6.45) is 11.1. The second-order valence-corrected chi connectivity index (χ2v) is 4.32. The maximum atomic E-state index is 11.1. The predicted molar refractivity (Wildman–Crippen MR) is 91.0 cm³/mol. The number of allylic oxidation sites excluding steroid dienone is 2. The highest BCUT2D eigenvalue weighted by Gasteiger charge is 2.11. The van der Waals surface area contributed by atoms with E-state index >= 15 is 0 Å². The van der Waals surface area contributed by atoms with Crippen molar-refractivity contribution in [1.29, 1.82) is 5.26 Å². The maximum absolute atomic E-state index is 11.1. The van der Waals surface area contributed by atoms with E-state index in [1.54, 1.807) is 19.1 Å². The first kappa shape index (κ1) is 19.8. The molecule has 0 aliphatic carbocycles. The Kier molecular flexibility index (Phi) is 9.08. The van der Waals surface area contributed by atoms with Crippen LogP contribution in [0.5, 0.6) is 0 Å². The molecule has 0 amide bonds. The van der Waals surface area contributed by atoms with Crippen LogP contribution in [0.3, 0.4) is 0 Å². The topological polar surface area (TPSA) is 93.4 Å². The minimum Gasteiger partial charge on any atom is -0.507 e. The number of hydrogen-bond donors (Lipinski definition) is 3. The van der Waals surface area contributed by atoms with E-state index in [2.05, 4.69) is 24.2 Å². The summed E-state index contributed by atoms with van der Waals surface area (Å²) >= 11 is 0. The third-order valence-electron chi connectivity index (χ3n) is 2.89. The fourth-order valence-electron chi connectivity index (χ4n) is 1.83. The number of aliphatic carboxylic acids is 1. The van der Waals surface area contributed by atoms with Gasteiger partial charge in [-0.1, -0.05) is 12.1 Å². The van der Waals surface area contributed by atoms with Gasteiger partial charge in [0.1, 0.15) is 11.8 Å². The van der Waals surface area contributed by atoms with Gasteiger partial charge >= 0.3 is 5.97 Å². The number of hydrogen-bond acceptors (Lipinski definition) is 4. The van der Waals surface area contributed by atoms with Gasteiger partial charge in [0.2, 0.25) is 0 Å². The predicted octanol–water partition coefficient (Wildman–Crippen LogP) is 3.25. The minimum absolute atomic E-state index is 0.147. The molecule has 0 atom stereocenters. The Morgan fingerprint density at radius 3 is 2.52 bits per heavy atom. The van der Waals surface area contributed by atoms with Crippen LogP contribution in [0.1, 0.15) is 25.0 Å². The molecule has 0 bridgehead atoms. The summed E-state index contributed by atoms with van der Waals surface area (Å²) in [6, 6.07) is 7.43. The van der Waals surface area contributed by atoms with E-state index < -0.39 is 5.97 Å². The van der Waals surface area contributed by atoms with Gasteiger partial charge in [0.15, 0.2) is 0 Å². The molecule has 1 aromatic rings. The number of nitrogens with one attached hydrogen (secondary N) is 1. The van der Waals surface area contributed by atoms with Crippen LogP contribution in [0.2, 0.25) is 0 Å². The number of benzene rings is 1. The first-order valence-corrected chi connectivity index (χ1v) is 6.92. The van der Waals surface area contributed by atoms with Gasteiger partial charge in [-0.3, -0.25) is 0 Å². The van der Waals surface area contributed by atoms with Gasteiger partial charge in [-0.05, 0) is 44.0 Å². The number of anilines is 1. The Labute approximate surface area is 136 Å². The van der Waals surface area contributed by atoms with E-state index in [0.717, 1.165) is 11.3 Å². The molecular weight excluding hydrogens is 292 g/mol. The lowest BCUT2D eigenvalue weighted by Crippen LogP contribution is -2.04. The third kappa shape index (κ3) is 5.99. The summed E-state index contributed by atoms with van der Waals surface area (Å²) in [5.41, 5.74) is 1.92. The fraction of sp³-hybridized carbons (Fsp3) is 0.222. The molecule has 0 saturated heterocycles. The Morgan fingerprint density at radius 2 is 2.04 bits per heavy atom. The number of nitrogens with zero attached hydrogens (tertiary/aromatic N) is 1. The summed E-state index contributed by atoms with van der Waals surface area (Å²) in [7, 11) is 0. The lowest BCUT2D eigenvalue weighted by molar-refractivity contribution is -0.132. The Balaban J connectivity index is 0.00000232. The van der Waals surface area contributed by atoms with Crippen LogP contribution in [0.25, 0.3) is 0 Å². The molecule has 0 radical (unpaired) electrons. The molecule has 0 saturated carbocycles. The number of carboxylic acid groups (broad SMARTS) is 1. The summed E-state index contributed by atoms with van der Waals surface area (Å²) < 4.78 is 0. The minimum atomic E-state index is -1.18. The Morgan fingerprint density at radius 1 is 1.39 bits per heavy atom. The molecule has 120 valence electrons. The van der Waals surface area contributed by atoms with Crippen molar-refractivity contribution in [1.82, 2.24) is 0 Å². The number of terminal acetylenes is 1. The van der Waals surface area contributed by atoms with E-state index in [0.29, 0.717) is 18.5 Å². The number of rotatable bonds is 6. The van der Waals surface area contributed by atoms with Crippen LogP contribution in [-0.2, 0) is 11.2 Å². The molecular formula is C18H20N2O3. The molecule has 0 spiro atoms. The largest absolute Gasteiger partial charge is 0.507 e. The zero-order valence-electron chi connectivity index (χ0n) is 13.2. The summed E-state index contributed by atoms with van der Waals surface area (Å²) in [5, 5.41) is 30.8. The summed E-state index contributed by atoms with van der Waals surface area (Å²) in [4.78, 5) is 11.1. The fourth-order valence-corrected chi connectivity index (χ4v) is 1.83. The van der Waals surface area contributed by atoms with Gasteiger partial charge < -0.3 is 15.5 Å². The summed E-state index contributed by atoms with van der Waals surface area (Å²) in [5.74, 6) is -1.46. The Hall–Kier alpha value is -3.18. The van der Waals surface area contributed by atoms with E-state index in [1.807, 2.05) is 13.0 Å². The van der Waals surface area contributed by atoms with Crippen molar-refractivity contribution in [3.8, 4) is 18.9 Å². The second kappa shape index (κ2) is 10.5. The zero-order valence-corrected chi connectivity index (χ0v) is 13.2. The smallest absolute Gasteiger partial charge is 0.339 e. The molecule has 0 aliphatic rings. The monoisotopic (exact) mass is 312 g/mol. The number of aliphatic hydroxyl groups is 1. The summed E-state index contributed by atoms with van der Waals surface area (Å²) in [6.45, 7) is 4.22. The van der Waals surface area contributed by atoms with Crippen LogP contribution in [-0.4, -0.2) is 22.7 Å². The molecule has 1 rings (SSSR count). The second-order valence-electron chi connectivity index (χ2n) is 4.32. The van der Waals surface area contributed by atoms with Crippen molar-refractivity contribution < 1.29 is 15.0 Å². The first-order chi connectivity index (χ1) is 11.0. The molecule has 0 fully saturated rings. The highest BCUT2D eigenvalue weighted by Crippen LogP contribution is 2.18. The van der Waals surface area contributed by atoms with Gasteiger partial charge in [0.25, 0.3) is 0 Å². The highest BCUT2D eigenvalue weighted by molar-refractivity contribution is 5.90. The molecule has 3 N–H and O–H groups in total. The van der Waals surface area contributed by atoms with Gasteiger partial charge in [0.05, 0.1) is 16.8 Å². The first-order valence-electron chi connectivity index (χ1n) is 6.92. The highest BCUT2D eigenvalue weighted by atomic mass is 16.4. The van der Waals surface area contributed by atoms with Crippen LogP contribution < -0.4 is 5.32 Å². The molecule has 0 aromatic heterocycles. The maximum Gasteiger partial charge on any atom is 0.339 e. The molecule has 0 unspecified atom stereocenters. The normalized spacial score (nSPS) is 10.9. The van der Waals surface area contributed by atoms with Crippen LogP contribution in [0, 0.1) is 24.2 Å². The lowest BCUT2D eigenvalue weighted by atomic mass is 10.0. The molecule has 5 heteroatoms. The van der Waals surface area contributed by atoms with Crippen molar-refractivity contribution in [2.75, 3.05) is 11.9 Å². The zero-order chi connectivity index (χ0) is 17.8. The quantitative estimate of drug-likeness (QED) is 0.324. The van der Waals surface area contributed by atoms with Gasteiger partial charge in [0, 0.05) is 6.54 Å². The molecule has 23 heavy (non-hydrogen) atoms. The number of carboxylic acids is 1. The average molecular weight is 312 g/mol. The molecule has 0 aliphatic heterocycles. The standard InChI is InChI=1S/C16H18N2O3.C2H2/c1-3-15(19)13(16(20)21)7-5-11-6-8-14(18-4-2)12(9-11)10-17;1-2/h3,6-9,18-19H,4-5H2,1-2H3,(H,20,21);1-2H/b13-7+,15-3+;. The van der Waals surface area contributed by atoms with E-state index in [1.165, 1.54) is 12.2 Å². The van der Waals surface area contributed by atoms with E-state index in [9.17, 15) is 9.90 Å². The molecule has 5 nitrogen and oxygen atoms in total. The third-order valence-corrected chi connectivity index (χ3v) is 2.89. The Bertz CT molecular complexity index is 665.